The fourth-order valence-corrected chi connectivity index (χ4v) is 3.03. The van der Waals surface area contributed by atoms with E-state index in [2.05, 4.69) is 17.1 Å². The molecule has 6 nitrogen and oxygen atoms in total. The van der Waals surface area contributed by atoms with Gasteiger partial charge in [0.15, 0.2) is 0 Å². The summed E-state index contributed by atoms with van der Waals surface area (Å²) in [7, 11) is 4.06. The fourth-order valence-electron chi connectivity index (χ4n) is 3.03. The summed E-state index contributed by atoms with van der Waals surface area (Å²) in [5.74, 6) is -0.866. The fraction of sp³-hybridized carbons (Fsp3) is 0.714. The van der Waals surface area contributed by atoms with Crippen LogP contribution >= 0.6 is 0 Å². The first-order chi connectivity index (χ1) is 9.38. The van der Waals surface area contributed by atoms with Gasteiger partial charge in [-0.3, -0.25) is 4.79 Å². The Hall–Kier alpha value is -1.56. The Balaban J connectivity index is 1.85. The highest BCUT2D eigenvalue weighted by atomic mass is 16.4. The lowest BCUT2D eigenvalue weighted by Gasteiger charge is -2.23. The molecule has 6 heteroatoms. The van der Waals surface area contributed by atoms with Gasteiger partial charge < -0.3 is 20.2 Å². The average molecular weight is 281 g/mol. The van der Waals surface area contributed by atoms with Gasteiger partial charge in [0.25, 0.3) is 0 Å². The van der Waals surface area contributed by atoms with E-state index in [1.807, 2.05) is 19.0 Å². The number of hydrogen-bond acceptors (Lipinski definition) is 3. The number of rotatable bonds is 3. The zero-order valence-corrected chi connectivity index (χ0v) is 12.2. The van der Waals surface area contributed by atoms with Crippen molar-refractivity contribution >= 4 is 12.0 Å². The Morgan fingerprint density at radius 3 is 2.50 bits per heavy atom. The van der Waals surface area contributed by atoms with Gasteiger partial charge in [-0.05, 0) is 26.4 Å². The molecule has 0 saturated carbocycles. The summed E-state index contributed by atoms with van der Waals surface area (Å²) in [6.07, 6.45) is 3.88. The Labute approximate surface area is 119 Å². The molecular weight excluding hydrogens is 258 g/mol. The summed E-state index contributed by atoms with van der Waals surface area (Å²) in [6.45, 7) is 3.61. The first kappa shape index (κ1) is 14.8. The summed E-state index contributed by atoms with van der Waals surface area (Å²) < 4.78 is 0. The molecule has 1 saturated heterocycles. The predicted octanol–water partition coefficient (Wildman–Crippen LogP) is 0.607. The number of amides is 2. The van der Waals surface area contributed by atoms with Crippen LogP contribution in [0.2, 0.25) is 0 Å². The van der Waals surface area contributed by atoms with Crippen LogP contribution in [0.4, 0.5) is 4.79 Å². The van der Waals surface area contributed by atoms with Crippen molar-refractivity contribution in [1.82, 2.24) is 15.1 Å². The van der Waals surface area contributed by atoms with Crippen LogP contribution in [0, 0.1) is 11.8 Å². The molecule has 1 heterocycles. The minimum absolute atomic E-state index is 0.0955. The van der Waals surface area contributed by atoms with Gasteiger partial charge in [0.1, 0.15) is 0 Å². The van der Waals surface area contributed by atoms with Gasteiger partial charge >= 0.3 is 12.0 Å². The SMILES string of the molecule is CC1CN(C(=O)NC2C=CC(C(=O)O)C2)CC1N(C)C. The van der Waals surface area contributed by atoms with Crippen LogP contribution in [-0.2, 0) is 4.79 Å². The summed E-state index contributed by atoms with van der Waals surface area (Å²) >= 11 is 0. The maximum absolute atomic E-state index is 12.2. The lowest BCUT2D eigenvalue weighted by Crippen LogP contribution is -2.44. The molecule has 1 aliphatic heterocycles. The summed E-state index contributed by atoms with van der Waals surface area (Å²) in [4.78, 5) is 27.0. The third kappa shape index (κ3) is 3.12. The van der Waals surface area contributed by atoms with Gasteiger partial charge in [0.2, 0.25) is 0 Å². The molecule has 20 heavy (non-hydrogen) atoms. The van der Waals surface area contributed by atoms with E-state index in [0.29, 0.717) is 18.4 Å². The number of nitrogens with zero attached hydrogens (tertiary/aromatic N) is 2. The molecule has 1 fully saturated rings. The Bertz CT molecular complexity index is 422. The zero-order valence-electron chi connectivity index (χ0n) is 12.2. The number of likely N-dealkylation sites (tertiary alicyclic amines) is 1. The minimum Gasteiger partial charge on any atom is -0.481 e. The van der Waals surface area contributed by atoms with E-state index in [1.54, 1.807) is 12.2 Å². The molecule has 4 unspecified atom stereocenters. The molecule has 0 aromatic rings. The summed E-state index contributed by atoms with van der Waals surface area (Å²) in [6, 6.07) is 0.117. The zero-order chi connectivity index (χ0) is 14.9. The van der Waals surface area contributed by atoms with Crippen molar-refractivity contribution in [2.45, 2.75) is 25.4 Å². The van der Waals surface area contributed by atoms with Gasteiger partial charge in [-0.15, -0.1) is 0 Å². The van der Waals surface area contributed by atoms with Crippen molar-refractivity contribution in [3.63, 3.8) is 0 Å². The van der Waals surface area contributed by atoms with Crippen molar-refractivity contribution in [3.8, 4) is 0 Å². The lowest BCUT2D eigenvalue weighted by atomic mass is 10.1. The van der Waals surface area contributed by atoms with E-state index >= 15 is 0 Å². The number of hydrogen-bond donors (Lipinski definition) is 2. The highest BCUT2D eigenvalue weighted by Gasteiger charge is 2.34. The summed E-state index contributed by atoms with van der Waals surface area (Å²) in [5, 5.41) is 11.8. The Morgan fingerprint density at radius 2 is 2.00 bits per heavy atom. The van der Waals surface area contributed by atoms with Crippen LogP contribution in [-0.4, -0.2) is 66.2 Å². The standard InChI is InChI=1S/C14H23N3O3/c1-9-7-17(8-12(9)16(2)3)14(20)15-11-5-4-10(6-11)13(18)19/h4-5,9-12H,6-8H2,1-3H3,(H,15,20)(H,18,19). The number of nitrogens with one attached hydrogen (secondary N) is 1. The van der Waals surface area contributed by atoms with Crippen LogP contribution in [0.3, 0.4) is 0 Å². The number of aliphatic carboxylic acids is 1. The van der Waals surface area contributed by atoms with Crippen LogP contribution < -0.4 is 5.32 Å². The largest absolute Gasteiger partial charge is 0.481 e. The van der Waals surface area contributed by atoms with E-state index in [4.69, 9.17) is 5.11 Å². The second-order valence-corrected chi connectivity index (χ2v) is 6.03. The molecule has 4 atom stereocenters. The van der Waals surface area contributed by atoms with Crippen molar-refractivity contribution in [3.05, 3.63) is 12.2 Å². The highest BCUT2D eigenvalue weighted by Crippen LogP contribution is 2.21. The predicted molar refractivity (Wildman–Crippen MR) is 75.4 cm³/mol. The van der Waals surface area contributed by atoms with E-state index in [-0.39, 0.29) is 12.1 Å². The van der Waals surface area contributed by atoms with Crippen molar-refractivity contribution in [2.24, 2.45) is 11.8 Å². The molecule has 0 spiro atoms. The Morgan fingerprint density at radius 1 is 1.30 bits per heavy atom. The van der Waals surface area contributed by atoms with E-state index in [9.17, 15) is 9.59 Å². The summed E-state index contributed by atoms with van der Waals surface area (Å²) in [5.41, 5.74) is 0. The van der Waals surface area contributed by atoms with Crippen LogP contribution in [0.25, 0.3) is 0 Å². The second-order valence-electron chi connectivity index (χ2n) is 6.03. The molecule has 0 aromatic carbocycles. The minimum atomic E-state index is -0.833. The van der Waals surface area contributed by atoms with Gasteiger partial charge in [-0.1, -0.05) is 19.1 Å². The van der Waals surface area contributed by atoms with Crippen LogP contribution in [0.1, 0.15) is 13.3 Å². The lowest BCUT2D eigenvalue weighted by molar-refractivity contribution is -0.140. The van der Waals surface area contributed by atoms with Gasteiger partial charge in [0, 0.05) is 19.1 Å². The molecule has 0 aromatic heterocycles. The third-order valence-corrected chi connectivity index (χ3v) is 4.23. The van der Waals surface area contributed by atoms with Gasteiger partial charge in [-0.25, -0.2) is 4.79 Å². The number of carbonyl (C=O) groups excluding carboxylic acids is 1. The first-order valence-electron chi connectivity index (χ1n) is 7.01. The quantitative estimate of drug-likeness (QED) is 0.743. The monoisotopic (exact) mass is 281 g/mol. The topological polar surface area (TPSA) is 72.9 Å². The second kappa shape index (κ2) is 5.83. The molecular formula is C14H23N3O3. The number of urea groups is 1. The molecule has 0 bridgehead atoms. The smallest absolute Gasteiger partial charge is 0.317 e. The maximum Gasteiger partial charge on any atom is 0.317 e. The number of carboxylic acids is 1. The van der Waals surface area contributed by atoms with E-state index in [1.165, 1.54) is 0 Å². The first-order valence-corrected chi connectivity index (χ1v) is 7.01. The molecule has 2 aliphatic rings. The van der Waals surface area contributed by atoms with Crippen molar-refractivity contribution < 1.29 is 14.7 Å². The van der Waals surface area contributed by atoms with Crippen LogP contribution in [0.5, 0.6) is 0 Å². The van der Waals surface area contributed by atoms with Crippen LogP contribution in [0.15, 0.2) is 12.2 Å². The third-order valence-electron chi connectivity index (χ3n) is 4.23. The average Bonchev–Trinajstić information content (AvgIpc) is 2.95. The number of carboxylic acid groups (broad SMARTS) is 1. The molecule has 2 N–H and O–H groups in total. The molecule has 2 rings (SSSR count). The maximum atomic E-state index is 12.2. The molecule has 1 aliphatic carbocycles. The normalized spacial score (nSPS) is 32.9. The van der Waals surface area contributed by atoms with Crippen molar-refractivity contribution in [1.29, 1.82) is 0 Å². The van der Waals surface area contributed by atoms with Crippen molar-refractivity contribution in [2.75, 3.05) is 27.2 Å². The van der Waals surface area contributed by atoms with Gasteiger partial charge in [-0.2, -0.15) is 0 Å². The molecule has 2 amide bonds. The van der Waals surface area contributed by atoms with E-state index < -0.39 is 11.9 Å². The number of carbonyl (C=O) groups is 2. The van der Waals surface area contributed by atoms with E-state index in [0.717, 1.165) is 13.1 Å². The molecule has 0 radical (unpaired) electrons. The molecule has 112 valence electrons. The highest BCUT2D eigenvalue weighted by molar-refractivity contribution is 5.76. The number of likely N-dealkylation sites (N-methyl/N-ethyl adjacent to an activating group) is 1. The Kier molecular flexibility index (Phi) is 4.32. The van der Waals surface area contributed by atoms with Gasteiger partial charge in [0.05, 0.1) is 12.0 Å².